The Bertz CT molecular complexity index is 1260. The highest BCUT2D eigenvalue weighted by Crippen LogP contribution is 2.39. The highest BCUT2D eigenvalue weighted by atomic mass is 32.1. The van der Waals surface area contributed by atoms with Crippen LogP contribution in [0.5, 0.6) is 5.75 Å². The van der Waals surface area contributed by atoms with Crippen molar-refractivity contribution in [2.24, 2.45) is 5.10 Å². The average molecular weight is 443 g/mol. The first-order chi connectivity index (χ1) is 15.6. The zero-order chi connectivity index (χ0) is 22.1. The lowest BCUT2D eigenvalue weighted by Gasteiger charge is -2.22. The number of carbonyl (C=O) groups excluding carboxylic acids is 1. The molecular formula is C25H22N4O2S. The van der Waals surface area contributed by atoms with Crippen LogP contribution in [0.15, 0.2) is 72.1 Å². The summed E-state index contributed by atoms with van der Waals surface area (Å²) < 4.78 is 0. The summed E-state index contributed by atoms with van der Waals surface area (Å²) in [5.41, 5.74) is 4.05. The van der Waals surface area contributed by atoms with Crippen LogP contribution in [0, 0.1) is 6.92 Å². The predicted molar refractivity (Wildman–Crippen MR) is 126 cm³/mol. The highest BCUT2D eigenvalue weighted by Gasteiger charge is 2.36. The van der Waals surface area contributed by atoms with Crippen molar-refractivity contribution in [1.82, 2.24) is 15.0 Å². The van der Waals surface area contributed by atoms with Crippen LogP contribution in [0.1, 0.15) is 56.8 Å². The van der Waals surface area contributed by atoms with Crippen LogP contribution in [0.4, 0.5) is 0 Å². The van der Waals surface area contributed by atoms with Gasteiger partial charge in [0.05, 0.1) is 17.4 Å². The summed E-state index contributed by atoms with van der Waals surface area (Å²) >= 11 is 1.39. The van der Waals surface area contributed by atoms with Gasteiger partial charge < -0.3 is 5.11 Å². The molecule has 5 rings (SSSR count). The van der Waals surface area contributed by atoms with Crippen molar-refractivity contribution in [3.8, 4) is 5.75 Å². The van der Waals surface area contributed by atoms with E-state index in [-0.39, 0.29) is 11.7 Å². The van der Waals surface area contributed by atoms with E-state index in [0.717, 1.165) is 34.7 Å². The van der Waals surface area contributed by atoms with Crippen molar-refractivity contribution in [1.29, 1.82) is 0 Å². The Morgan fingerprint density at radius 2 is 2.06 bits per heavy atom. The third kappa shape index (κ3) is 3.76. The fourth-order valence-corrected chi connectivity index (χ4v) is 5.03. The van der Waals surface area contributed by atoms with E-state index >= 15 is 0 Å². The van der Waals surface area contributed by atoms with Gasteiger partial charge in [-0.25, -0.2) is 9.99 Å². The number of hydrazone groups is 1. The van der Waals surface area contributed by atoms with Crippen LogP contribution >= 0.6 is 11.3 Å². The molecule has 1 N–H and O–H groups in total. The summed E-state index contributed by atoms with van der Waals surface area (Å²) in [7, 11) is 0. The summed E-state index contributed by atoms with van der Waals surface area (Å²) in [4.78, 5) is 23.1. The third-order valence-electron chi connectivity index (χ3n) is 5.64. The molecular weight excluding hydrogens is 420 g/mol. The molecule has 1 aliphatic carbocycles. The van der Waals surface area contributed by atoms with Crippen molar-refractivity contribution in [3.63, 3.8) is 0 Å². The molecule has 3 heterocycles. The maximum atomic E-state index is 13.7. The van der Waals surface area contributed by atoms with Crippen molar-refractivity contribution in [3.05, 3.63) is 93.7 Å². The second-order valence-electron chi connectivity index (χ2n) is 7.79. The number of allylic oxidation sites excluding steroid dienone is 4. The zero-order valence-electron chi connectivity index (χ0n) is 17.6. The van der Waals surface area contributed by atoms with E-state index < -0.39 is 6.04 Å². The van der Waals surface area contributed by atoms with Gasteiger partial charge in [0.15, 0.2) is 0 Å². The van der Waals surface area contributed by atoms with Gasteiger partial charge in [0.25, 0.3) is 5.91 Å². The SMILES string of the molecule is Cc1nc(C2=CCCC=C2)sc1C(=O)N1N=C(c2cccnc2)CC1c1ccccc1O. The minimum absolute atomic E-state index is 0.150. The lowest BCUT2D eigenvalue weighted by Crippen LogP contribution is -2.27. The second kappa shape index (κ2) is 8.51. The minimum Gasteiger partial charge on any atom is -0.508 e. The molecule has 1 aromatic carbocycles. The van der Waals surface area contributed by atoms with Crippen LogP contribution in [0.3, 0.4) is 0 Å². The Morgan fingerprint density at radius 1 is 1.19 bits per heavy atom. The molecule has 1 amide bonds. The van der Waals surface area contributed by atoms with Crippen LogP contribution in [0.2, 0.25) is 0 Å². The molecule has 1 aliphatic heterocycles. The van der Waals surface area contributed by atoms with E-state index in [1.165, 1.54) is 16.3 Å². The number of phenols is 1. The molecule has 0 saturated carbocycles. The second-order valence-corrected chi connectivity index (χ2v) is 8.79. The third-order valence-corrected chi connectivity index (χ3v) is 6.84. The topological polar surface area (TPSA) is 78.7 Å². The molecule has 1 atom stereocenters. The van der Waals surface area contributed by atoms with Gasteiger partial charge in [-0.1, -0.05) is 42.5 Å². The Kier molecular flexibility index (Phi) is 5.41. The number of benzene rings is 1. The van der Waals surface area contributed by atoms with Crippen LogP contribution in [0.25, 0.3) is 5.57 Å². The number of nitrogens with zero attached hydrogens (tertiary/aromatic N) is 4. The normalized spacial score (nSPS) is 17.9. The molecule has 0 radical (unpaired) electrons. The summed E-state index contributed by atoms with van der Waals surface area (Å²) in [5.74, 6) is -0.0593. The number of aromatic hydroxyl groups is 1. The molecule has 3 aromatic rings. The van der Waals surface area contributed by atoms with Gasteiger partial charge in [-0.3, -0.25) is 9.78 Å². The standard InChI is InChI=1S/C25H22N4O2S/c1-16-23(32-24(27-16)17-8-3-2-4-9-17)25(31)29-21(19-11-5-6-12-22(19)30)14-20(28-29)18-10-7-13-26-15-18/h3,5-13,15,21,30H,2,4,14H2,1H3. The van der Waals surface area contributed by atoms with Gasteiger partial charge in [0.1, 0.15) is 15.6 Å². The van der Waals surface area contributed by atoms with Gasteiger partial charge in [-0.05, 0) is 31.9 Å². The molecule has 1 unspecified atom stereocenters. The first-order valence-electron chi connectivity index (χ1n) is 10.6. The number of amides is 1. The van der Waals surface area contributed by atoms with Crippen molar-refractivity contribution in [2.45, 2.75) is 32.2 Å². The van der Waals surface area contributed by atoms with Crippen molar-refractivity contribution < 1.29 is 9.90 Å². The molecule has 160 valence electrons. The Morgan fingerprint density at radius 3 is 2.81 bits per heavy atom. The first-order valence-corrected chi connectivity index (χ1v) is 11.4. The average Bonchev–Trinajstić information content (AvgIpc) is 3.44. The van der Waals surface area contributed by atoms with Gasteiger partial charge in [0, 0.05) is 35.5 Å². The van der Waals surface area contributed by atoms with E-state index in [1.54, 1.807) is 24.5 Å². The lowest BCUT2D eigenvalue weighted by molar-refractivity contribution is 0.0713. The smallest absolute Gasteiger partial charge is 0.286 e. The van der Waals surface area contributed by atoms with E-state index in [4.69, 9.17) is 5.10 Å². The van der Waals surface area contributed by atoms with Gasteiger partial charge >= 0.3 is 0 Å². The fraction of sp³-hybridized carbons (Fsp3) is 0.200. The lowest BCUT2D eigenvalue weighted by atomic mass is 9.98. The molecule has 32 heavy (non-hydrogen) atoms. The van der Waals surface area contributed by atoms with Crippen LogP contribution in [-0.4, -0.2) is 31.7 Å². The number of hydrogen-bond donors (Lipinski definition) is 1. The highest BCUT2D eigenvalue weighted by molar-refractivity contribution is 7.14. The van der Waals surface area contributed by atoms with Gasteiger partial charge in [-0.15, -0.1) is 11.3 Å². The number of carbonyl (C=O) groups is 1. The van der Waals surface area contributed by atoms with E-state index in [0.29, 0.717) is 22.6 Å². The molecule has 6 nitrogen and oxygen atoms in total. The zero-order valence-corrected chi connectivity index (χ0v) is 18.4. The number of para-hydroxylation sites is 1. The van der Waals surface area contributed by atoms with Gasteiger partial charge in [-0.2, -0.15) is 5.10 Å². The summed E-state index contributed by atoms with van der Waals surface area (Å²) in [6.45, 7) is 1.86. The monoisotopic (exact) mass is 442 g/mol. The Balaban J connectivity index is 1.54. The van der Waals surface area contributed by atoms with Crippen molar-refractivity contribution in [2.75, 3.05) is 0 Å². The number of rotatable bonds is 4. The first kappa shape index (κ1) is 20.3. The number of pyridine rings is 1. The molecule has 2 aliphatic rings. The largest absolute Gasteiger partial charge is 0.508 e. The summed E-state index contributed by atoms with van der Waals surface area (Å²) in [6, 6.07) is 10.5. The molecule has 0 fully saturated rings. The minimum atomic E-state index is -0.405. The Hall–Kier alpha value is -3.58. The van der Waals surface area contributed by atoms with Crippen molar-refractivity contribution >= 4 is 28.5 Å². The quantitative estimate of drug-likeness (QED) is 0.596. The Labute approximate surface area is 190 Å². The number of phenolic OH excluding ortho intramolecular Hbond substituents is 1. The van der Waals surface area contributed by atoms with Gasteiger partial charge in [0.2, 0.25) is 0 Å². The summed E-state index contributed by atoms with van der Waals surface area (Å²) in [6.07, 6.45) is 12.3. The fourth-order valence-electron chi connectivity index (χ4n) is 4.01. The molecule has 2 aromatic heterocycles. The maximum Gasteiger partial charge on any atom is 0.286 e. The van der Waals surface area contributed by atoms with E-state index in [9.17, 15) is 9.90 Å². The molecule has 0 bridgehead atoms. The van der Waals surface area contributed by atoms with E-state index in [1.807, 2.05) is 31.2 Å². The summed E-state index contributed by atoms with van der Waals surface area (Å²) in [5, 5.41) is 17.5. The van der Waals surface area contributed by atoms with E-state index in [2.05, 4.69) is 28.2 Å². The predicted octanol–water partition coefficient (Wildman–Crippen LogP) is 5.28. The molecule has 0 spiro atoms. The number of thiazole rings is 1. The molecule has 0 saturated heterocycles. The van der Waals surface area contributed by atoms with Crippen LogP contribution in [-0.2, 0) is 0 Å². The molecule has 7 heteroatoms. The number of aromatic nitrogens is 2. The van der Waals surface area contributed by atoms with Crippen LogP contribution < -0.4 is 0 Å². The number of aryl methyl sites for hydroxylation is 1. The maximum absolute atomic E-state index is 13.7. The number of hydrogen-bond acceptors (Lipinski definition) is 6.